The van der Waals surface area contributed by atoms with E-state index in [2.05, 4.69) is 34.9 Å². The summed E-state index contributed by atoms with van der Waals surface area (Å²) in [5.41, 5.74) is 2.55. The van der Waals surface area contributed by atoms with E-state index in [9.17, 15) is 4.79 Å². The summed E-state index contributed by atoms with van der Waals surface area (Å²) >= 11 is 0. The average Bonchev–Trinajstić information content (AvgIpc) is 3.25. The van der Waals surface area contributed by atoms with Crippen LogP contribution in [0.25, 0.3) is 0 Å². The number of nitrogens with one attached hydrogen (secondary N) is 2. The van der Waals surface area contributed by atoms with Gasteiger partial charge in [0, 0.05) is 12.6 Å². The molecular weight excluding hydrogens is 272 g/mol. The van der Waals surface area contributed by atoms with Gasteiger partial charge in [0.25, 0.3) is 0 Å². The molecule has 3 rings (SSSR count). The van der Waals surface area contributed by atoms with Gasteiger partial charge in [0.05, 0.1) is 6.42 Å². The monoisotopic (exact) mass is 294 g/mol. The first-order valence-corrected chi connectivity index (χ1v) is 7.40. The SMILES string of the molecule is Cl.O=C(Cc1ccc(C2CC2)cc1)N[C@H]1CCCNC1. The van der Waals surface area contributed by atoms with Crippen molar-refractivity contribution < 1.29 is 4.79 Å². The highest BCUT2D eigenvalue weighted by molar-refractivity contribution is 5.85. The minimum Gasteiger partial charge on any atom is -0.352 e. The molecule has 20 heavy (non-hydrogen) atoms. The first kappa shape index (κ1) is 15.3. The van der Waals surface area contributed by atoms with E-state index in [1.54, 1.807) is 0 Å². The third-order valence-electron chi connectivity index (χ3n) is 4.06. The molecule has 1 aliphatic carbocycles. The predicted molar refractivity (Wildman–Crippen MR) is 83.4 cm³/mol. The van der Waals surface area contributed by atoms with Gasteiger partial charge in [-0.05, 0) is 49.3 Å². The van der Waals surface area contributed by atoms with Crippen LogP contribution in [0.2, 0.25) is 0 Å². The van der Waals surface area contributed by atoms with Gasteiger partial charge >= 0.3 is 0 Å². The topological polar surface area (TPSA) is 41.1 Å². The second kappa shape index (κ2) is 7.09. The van der Waals surface area contributed by atoms with Crippen LogP contribution in [0.3, 0.4) is 0 Å². The van der Waals surface area contributed by atoms with E-state index in [-0.39, 0.29) is 18.3 Å². The van der Waals surface area contributed by atoms with Crippen molar-refractivity contribution in [1.82, 2.24) is 10.6 Å². The molecule has 1 saturated carbocycles. The largest absolute Gasteiger partial charge is 0.352 e. The number of carbonyl (C=O) groups is 1. The van der Waals surface area contributed by atoms with Gasteiger partial charge in [-0.25, -0.2) is 0 Å². The Morgan fingerprint density at radius 1 is 1.20 bits per heavy atom. The molecule has 1 amide bonds. The quantitative estimate of drug-likeness (QED) is 0.895. The van der Waals surface area contributed by atoms with Crippen LogP contribution in [0.1, 0.15) is 42.7 Å². The highest BCUT2D eigenvalue weighted by atomic mass is 35.5. The minimum absolute atomic E-state index is 0. The first-order chi connectivity index (χ1) is 9.31. The van der Waals surface area contributed by atoms with E-state index in [1.807, 2.05) is 0 Å². The number of halogens is 1. The number of rotatable bonds is 4. The van der Waals surface area contributed by atoms with E-state index < -0.39 is 0 Å². The second-order valence-corrected chi connectivity index (χ2v) is 5.80. The number of benzene rings is 1. The molecule has 110 valence electrons. The van der Waals surface area contributed by atoms with Crippen LogP contribution in [0.5, 0.6) is 0 Å². The zero-order valence-electron chi connectivity index (χ0n) is 11.7. The fraction of sp³-hybridized carbons (Fsp3) is 0.562. The van der Waals surface area contributed by atoms with Gasteiger partial charge in [-0.1, -0.05) is 24.3 Å². The summed E-state index contributed by atoms with van der Waals surface area (Å²) in [6.07, 6.45) is 5.41. The van der Waals surface area contributed by atoms with E-state index in [0.29, 0.717) is 12.5 Å². The van der Waals surface area contributed by atoms with E-state index in [4.69, 9.17) is 0 Å². The van der Waals surface area contributed by atoms with Crippen LogP contribution < -0.4 is 10.6 Å². The normalized spacial score (nSPS) is 21.9. The Morgan fingerprint density at radius 2 is 1.95 bits per heavy atom. The van der Waals surface area contributed by atoms with Crippen LogP contribution in [0.4, 0.5) is 0 Å². The van der Waals surface area contributed by atoms with E-state index in [1.165, 1.54) is 18.4 Å². The summed E-state index contributed by atoms with van der Waals surface area (Å²) in [7, 11) is 0. The summed E-state index contributed by atoms with van der Waals surface area (Å²) < 4.78 is 0. The molecule has 1 saturated heterocycles. The van der Waals surface area contributed by atoms with Gasteiger partial charge in [-0.15, -0.1) is 12.4 Å². The van der Waals surface area contributed by atoms with Crippen LogP contribution in [-0.2, 0) is 11.2 Å². The number of carbonyl (C=O) groups excluding carboxylic acids is 1. The first-order valence-electron chi connectivity index (χ1n) is 7.40. The molecule has 0 radical (unpaired) electrons. The molecule has 2 aliphatic rings. The third-order valence-corrected chi connectivity index (χ3v) is 4.06. The molecule has 1 aliphatic heterocycles. The number of hydrogen-bond acceptors (Lipinski definition) is 2. The minimum atomic E-state index is 0. The van der Waals surface area contributed by atoms with Gasteiger partial charge in [0.1, 0.15) is 0 Å². The van der Waals surface area contributed by atoms with Crippen LogP contribution in [0, 0.1) is 0 Å². The van der Waals surface area contributed by atoms with Gasteiger partial charge in [0.15, 0.2) is 0 Å². The lowest BCUT2D eigenvalue weighted by Gasteiger charge is -2.23. The molecule has 4 heteroatoms. The Morgan fingerprint density at radius 3 is 2.55 bits per heavy atom. The summed E-state index contributed by atoms with van der Waals surface area (Å²) in [5.74, 6) is 0.934. The molecule has 0 bridgehead atoms. The smallest absolute Gasteiger partial charge is 0.224 e. The Labute approximate surface area is 126 Å². The van der Waals surface area contributed by atoms with Crippen molar-refractivity contribution >= 4 is 18.3 Å². The Bertz CT molecular complexity index is 436. The van der Waals surface area contributed by atoms with Gasteiger partial charge in [-0.2, -0.15) is 0 Å². The zero-order valence-corrected chi connectivity index (χ0v) is 12.5. The standard InChI is InChI=1S/C16H22N2O.ClH/c19-16(18-15-2-1-9-17-11-15)10-12-3-5-13(6-4-12)14-7-8-14;/h3-6,14-15,17H,1-2,7-11H2,(H,18,19);1H/t15-;/m0./s1. The fourth-order valence-corrected chi connectivity index (χ4v) is 2.76. The van der Waals surface area contributed by atoms with Crippen molar-refractivity contribution in [1.29, 1.82) is 0 Å². The van der Waals surface area contributed by atoms with Crippen LogP contribution in [-0.4, -0.2) is 25.0 Å². The van der Waals surface area contributed by atoms with Crippen molar-refractivity contribution in [2.75, 3.05) is 13.1 Å². The van der Waals surface area contributed by atoms with Gasteiger partial charge in [-0.3, -0.25) is 4.79 Å². The fourth-order valence-electron chi connectivity index (χ4n) is 2.76. The summed E-state index contributed by atoms with van der Waals surface area (Å²) in [6.45, 7) is 1.99. The summed E-state index contributed by atoms with van der Waals surface area (Å²) in [4.78, 5) is 12.0. The highest BCUT2D eigenvalue weighted by Gasteiger charge is 2.23. The number of hydrogen-bond donors (Lipinski definition) is 2. The maximum absolute atomic E-state index is 12.0. The molecule has 0 aromatic heterocycles. The average molecular weight is 295 g/mol. The summed E-state index contributed by atoms with van der Waals surface area (Å²) in [5, 5.41) is 6.43. The molecule has 1 aromatic rings. The molecular formula is C16H23ClN2O. The number of amides is 1. The predicted octanol–water partition coefficient (Wildman–Crippen LogP) is 2.40. The Hall–Kier alpha value is -1.06. The van der Waals surface area contributed by atoms with Crippen LogP contribution in [0.15, 0.2) is 24.3 Å². The maximum Gasteiger partial charge on any atom is 0.224 e. The lowest BCUT2D eigenvalue weighted by Crippen LogP contribution is -2.46. The van der Waals surface area contributed by atoms with E-state index >= 15 is 0 Å². The van der Waals surface area contributed by atoms with Crippen molar-refractivity contribution in [3.05, 3.63) is 35.4 Å². The van der Waals surface area contributed by atoms with Crippen molar-refractivity contribution in [2.24, 2.45) is 0 Å². The van der Waals surface area contributed by atoms with Gasteiger partial charge < -0.3 is 10.6 Å². The maximum atomic E-state index is 12.0. The second-order valence-electron chi connectivity index (χ2n) is 5.80. The Kier molecular flexibility index (Phi) is 5.44. The van der Waals surface area contributed by atoms with Crippen LogP contribution >= 0.6 is 12.4 Å². The molecule has 2 fully saturated rings. The van der Waals surface area contributed by atoms with Crippen molar-refractivity contribution in [2.45, 2.75) is 44.1 Å². The molecule has 1 aromatic carbocycles. The highest BCUT2D eigenvalue weighted by Crippen LogP contribution is 2.39. The van der Waals surface area contributed by atoms with Gasteiger partial charge in [0.2, 0.25) is 5.91 Å². The molecule has 1 heterocycles. The molecule has 0 unspecified atom stereocenters. The van der Waals surface area contributed by atoms with Crippen molar-refractivity contribution in [3.63, 3.8) is 0 Å². The lowest BCUT2D eigenvalue weighted by molar-refractivity contribution is -0.121. The molecule has 2 N–H and O–H groups in total. The summed E-state index contributed by atoms with van der Waals surface area (Å²) in [6, 6.07) is 8.89. The van der Waals surface area contributed by atoms with E-state index in [0.717, 1.165) is 37.4 Å². The third kappa shape index (κ3) is 4.22. The Balaban J connectivity index is 0.00000147. The molecule has 1 atom stereocenters. The molecule has 3 nitrogen and oxygen atoms in total. The van der Waals surface area contributed by atoms with Crippen molar-refractivity contribution in [3.8, 4) is 0 Å². The molecule has 0 spiro atoms. The number of piperidine rings is 1. The zero-order chi connectivity index (χ0) is 13.1. The lowest BCUT2D eigenvalue weighted by atomic mass is 10.0.